The molecule has 1 unspecified atom stereocenters. The Hall–Kier alpha value is -1.65. The Labute approximate surface area is 120 Å². The molecule has 0 aliphatic rings. The van der Waals surface area contributed by atoms with Crippen LogP contribution in [0.3, 0.4) is 0 Å². The minimum Gasteiger partial charge on any atom is -0.361 e. The van der Waals surface area contributed by atoms with Crippen molar-refractivity contribution in [2.75, 3.05) is 20.6 Å². The summed E-state index contributed by atoms with van der Waals surface area (Å²) in [6.07, 6.45) is 0. The third-order valence-corrected chi connectivity index (χ3v) is 3.63. The van der Waals surface area contributed by atoms with Gasteiger partial charge in [-0.25, -0.2) is 0 Å². The van der Waals surface area contributed by atoms with Crippen molar-refractivity contribution in [3.63, 3.8) is 0 Å². The Morgan fingerprint density at radius 2 is 1.90 bits per heavy atom. The Balaban J connectivity index is 1.97. The second-order valence-corrected chi connectivity index (χ2v) is 5.32. The van der Waals surface area contributed by atoms with Crippen molar-refractivity contribution in [2.45, 2.75) is 26.4 Å². The molecule has 0 saturated heterocycles. The summed E-state index contributed by atoms with van der Waals surface area (Å²) in [5.74, 6) is 0.899. The Morgan fingerprint density at radius 1 is 1.20 bits per heavy atom. The maximum Gasteiger partial charge on any atom is 0.138 e. The molecule has 0 radical (unpaired) electrons. The zero-order valence-corrected chi connectivity index (χ0v) is 12.7. The van der Waals surface area contributed by atoms with Gasteiger partial charge in [0.1, 0.15) is 5.76 Å². The van der Waals surface area contributed by atoms with E-state index in [2.05, 4.69) is 53.7 Å². The van der Waals surface area contributed by atoms with Gasteiger partial charge < -0.3 is 14.7 Å². The van der Waals surface area contributed by atoms with Crippen LogP contribution < -0.4 is 5.32 Å². The second-order valence-electron chi connectivity index (χ2n) is 5.32. The van der Waals surface area contributed by atoms with Crippen molar-refractivity contribution in [2.24, 2.45) is 0 Å². The smallest absolute Gasteiger partial charge is 0.138 e. The quantitative estimate of drug-likeness (QED) is 0.878. The van der Waals surface area contributed by atoms with Crippen LogP contribution in [-0.2, 0) is 6.54 Å². The summed E-state index contributed by atoms with van der Waals surface area (Å²) in [6, 6.07) is 10.9. The maximum absolute atomic E-state index is 5.18. The topological polar surface area (TPSA) is 41.3 Å². The number of rotatable bonds is 6. The molecule has 2 rings (SSSR count). The lowest BCUT2D eigenvalue weighted by atomic mass is 10.1. The van der Waals surface area contributed by atoms with Crippen LogP contribution in [0.4, 0.5) is 0 Å². The fourth-order valence-electron chi connectivity index (χ4n) is 2.36. The molecule has 20 heavy (non-hydrogen) atoms. The first-order chi connectivity index (χ1) is 9.59. The first-order valence-corrected chi connectivity index (χ1v) is 6.93. The zero-order valence-electron chi connectivity index (χ0n) is 12.7. The number of likely N-dealkylation sites (N-methyl/N-ethyl adjacent to an activating group) is 1. The van der Waals surface area contributed by atoms with E-state index in [9.17, 15) is 0 Å². The molecule has 1 aromatic heterocycles. The first kappa shape index (κ1) is 14.8. The molecule has 1 N–H and O–H groups in total. The van der Waals surface area contributed by atoms with Gasteiger partial charge in [-0.2, -0.15) is 0 Å². The Morgan fingerprint density at radius 3 is 2.45 bits per heavy atom. The van der Waals surface area contributed by atoms with Gasteiger partial charge >= 0.3 is 0 Å². The van der Waals surface area contributed by atoms with Crippen molar-refractivity contribution in [1.82, 2.24) is 15.4 Å². The van der Waals surface area contributed by atoms with E-state index in [0.29, 0.717) is 6.04 Å². The first-order valence-electron chi connectivity index (χ1n) is 6.93. The molecular weight excluding hydrogens is 250 g/mol. The van der Waals surface area contributed by atoms with Crippen molar-refractivity contribution in [3.8, 4) is 0 Å². The predicted octanol–water partition coefficient (Wildman–Crippen LogP) is 2.68. The van der Waals surface area contributed by atoms with Gasteiger partial charge in [0.15, 0.2) is 0 Å². The van der Waals surface area contributed by atoms with Crippen LogP contribution >= 0.6 is 0 Å². The summed E-state index contributed by atoms with van der Waals surface area (Å²) in [4.78, 5) is 2.23. The van der Waals surface area contributed by atoms with Crippen LogP contribution in [0.1, 0.15) is 28.6 Å². The maximum atomic E-state index is 5.18. The van der Waals surface area contributed by atoms with Crippen molar-refractivity contribution in [3.05, 3.63) is 52.9 Å². The summed E-state index contributed by atoms with van der Waals surface area (Å²) in [5, 5.41) is 7.49. The van der Waals surface area contributed by atoms with Crippen LogP contribution in [0.2, 0.25) is 0 Å². The fourth-order valence-corrected chi connectivity index (χ4v) is 2.36. The number of hydrogen-bond donors (Lipinski definition) is 1. The summed E-state index contributed by atoms with van der Waals surface area (Å²) >= 11 is 0. The van der Waals surface area contributed by atoms with Gasteiger partial charge in [0.25, 0.3) is 0 Å². The average Bonchev–Trinajstić information content (AvgIpc) is 2.75. The highest BCUT2D eigenvalue weighted by Crippen LogP contribution is 2.17. The molecule has 0 aliphatic heterocycles. The highest BCUT2D eigenvalue weighted by atomic mass is 16.5. The van der Waals surface area contributed by atoms with Crippen molar-refractivity contribution in [1.29, 1.82) is 0 Å². The highest BCUT2D eigenvalue weighted by molar-refractivity contribution is 5.21. The van der Waals surface area contributed by atoms with Gasteiger partial charge in [0.2, 0.25) is 0 Å². The lowest BCUT2D eigenvalue weighted by molar-refractivity contribution is 0.288. The van der Waals surface area contributed by atoms with Crippen molar-refractivity contribution < 1.29 is 4.52 Å². The van der Waals surface area contributed by atoms with Crippen LogP contribution in [-0.4, -0.2) is 30.7 Å². The molecule has 108 valence electrons. The number of aryl methyl sites for hydroxylation is 2. The molecule has 0 bridgehead atoms. The van der Waals surface area contributed by atoms with E-state index in [0.717, 1.165) is 30.1 Å². The summed E-state index contributed by atoms with van der Waals surface area (Å²) < 4.78 is 5.18. The lowest BCUT2D eigenvalue weighted by Gasteiger charge is -2.25. The third-order valence-electron chi connectivity index (χ3n) is 3.63. The zero-order chi connectivity index (χ0) is 14.5. The normalized spacial score (nSPS) is 12.8. The van der Waals surface area contributed by atoms with E-state index in [1.54, 1.807) is 0 Å². The third kappa shape index (κ3) is 3.46. The van der Waals surface area contributed by atoms with Gasteiger partial charge in [-0.3, -0.25) is 0 Å². The molecular formula is C16H23N3O. The Kier molecular flexibility index (Phi) is 4.93. The predicted molar refractivity (Wildman–Crippen MR) is 80.6 cm³/mol. The van der Waals surface area contributed by atoms with Gasteiger partial charge in [-0.15, -0.1) is 0 Å². The molecule has 4 heteroatoms. The molecule has 1 atom stereocenters. The largest absolute Gasteiger partial charge is 0.361 e. The summed E-state index contributed by atoms with van der Waals surface area (Å²) in [5.41, 5.74) is 3.45. The number of nitrogens with zero attached hydrogens (tertiary/aromatic N) is 2. The molecule has 0 fully saturated rings. The summed E-state index contributed by atoms with van der Waals surface area (Å²) in [7, 11) is 4.21. The summed E-state index contributed by atoms with van der Waals surface area (Å²) in [6.45, 7) is 5.62. The Bertz CT molecular complexity index is 514. The molecule has 4 nitrogen and oxygen atoms in total. The van der Waals surface area contributed by atoms with Gasteiger partial charge in [0, 0.05) is 24.7 Å². The average molecular weight is 273 g/mol. The van der Waals surface area contributed by atoms with Crippen LogP contribution in [0.25, 0.3) is 0 Å². The van der Waals surface area contributed by atoms with Gasteiger partial charge in [-0.05, 0) is 33.5 Å². The minimum atomic E-state index is 0.358. The van der Waals surface area contributed by atoms with Crippen molar-refractivity contribution >= 4 is 0 Å². The number of benzene rings is 1. The second kappa shape index (κ2) is 6.68. The molecule has 1 heterocycles. The monoisotopic (exact) mass is 273 g/mol. The number of nitrogens with one attached hydrogen (secondary N) is 1. The molecule has 0 aliphatic carbocycles. The van der Waals surface area contributed by atoms with E-state index < -0.39 is 0 Å². The molecule has 2 aromatic rings. The van der Waals surface area contributed by atoms with Gasteiger partial charge in [0.05, 0.1) is 5.69 Å². The molecule has 0 amide bonds. The van der Waals surface area contributed by atoms with Crippen LogP contribution in [0, 0.1) is 13.8 Å². The van der Waals surface area contributed by atoms with E-state index in [4.69, 9.17) is 4.52 Å². The fraction of sp³-hybridized carbons (Fsp3) is 0.438. The van der Waals surface area contributed by atoms with Crippen LogP contribution in [0.15, 0.2) is 34.9 Å². The standard InChI is InChI=1S/C16H23N3O/c1-12-15(13(2)20-18-12)10-17-11-16(19(3)4)14-8-6-5-7-9-14/h5-9,16-17H,10-11H2,1-4H3. The van der Waals surface area contributed by atoms with Crippen LogP contribution in [0.5, 0.6) is 0 Å². The molecule has 1 aromatic carbocycles. The molecule has 0 spiro atoms. The lowest BCUT2D eigenvalue weighted by Crippen LogP contribution is -2.31. The van der Waals surface area contributed by atoms with E-state index >= 15 is 0 Å². The number of hydrogen-bond acceptors (Lipinski definition) is 4. The van der Waals surface area contributed by atoms with Gasteiger partial charge in [-0.1, -0.05) is 35.5 Å². The molecule has 0 saturated carbocycles. The van der Waals surface area contributed by atoms with E-state index in [1.807, 2.05) is 19.9 Å². The highest BCUT2D eigenvalue weighted by Gasteiger charge is 2.14. The van der Waals surface area contributed by atoms with E-state index in [1.165, 1.54) is 5.56 Å². The van der Waals surface area contributed by atoms with E-state index in [-0.39, 0.29) is 0 Å². The number of aromatic nitrogens is 1. The SMILES string of the molecule is Cc1noc(C)c1CNCC(c1ccccc1)N(C)C. The minimum absolute atomic E-state index is 0.358.